The predicted molar refractivity (Wildman–Crippen MR) is 149 cm³/mol. The summed E-state index contributed by atoms with van der Waals surface area (Å²) in [6.45, 7) is 2.05. The molecule has 0 aliphatic carbocycles. The van der Waals surface area contributed by atoms with Gasteiger partial charge in [0, 0.05) is 33.4 Å². The number of aliphatic hydroxyl groups excluding tert-OH is 1. The summed E-state index contributed by atoms with van der Waals surface area (Å²) in [6.07, 6.45) is -0.520. The number of nitrogens with zero attached hydrogens (tertiary/aromatic N) is 2. The maximum Gasteiger partial charge on any atom is 0.115 e. The van der Waals surface area contributed by atoms with Crippen LogP contribution in [0.4, 0.5) is 0 Å². The smallest absolute Gasteiger partial charge is 0.115 e. The second-order valence-electron chi connectivity index (χ2n) is 8.19. The van der Waals surface area contributed by atoms with Crippen LogP contribution in [-0.4, -0.2) is 27.7 Å². The minimum Gasteiger partial charge on any atom is -0.391 e. The highest BCUT2D eigenvalue weighted by Gasteiger charge is 2.17. The zero-order chi connectivity index (χ0) is 24.6. The predicted octanol–water partition coefficient (Wildman–Crippen LogP) is 7.64. The second-order valence-corrected chi connectivity index (χ2v) is 10.7. The van der Waals surface area contributed by atoms with E-state index in [2.05, 4.69) is 37.3 Å². The van der Waals surface area contributed by atoms with Gasteiger partial charge in [0.2, 0.25) is 0 Å². The fraction of sp³-hybridized carbons (Fsp3) is 0.172. The van der Waals surface area contributed by atoms with Crippen LogP contribution < -0.4 is 0 Å². The molecule has 1 heterocycles. The van der Waals surface area contributed by atoms with Crippen LogP contribution in [0.2, 0.25) is 5.02 Å². The van der Waals surface area contributed by atoms with Crippen LogP contribution in [0.3, 0.4) is 0 Å². The van der Waals surface area contributed by atoms with Gasteiger partial charge < -0.3 is 5.11 Å². The number of benzene rings is 3. The number of hydrogen-bond donors (Lipinski definition) is 1. The molecule has 35 heavy (non-hydrogen) atoms. The molecule has 6 heteroatoms. The lowest BCUT2D eigenvalue weighted by Crippen LogP contribution is -2.13. The summed E-state index contributed by atoms with van der Waals surface area (Å²) >= 11 is 9.06. The molecule has 0 saturated heterocycles. The summed E-state index contributed by atoms with van der Waals surface area (Å²) in [5, 5.41) is 22.0. The van der Waals surface area contributed by atoms with Crippen LogP contribution in [0.5, 0.6) is 0 Å². The number of thioether (sulfide) groups is 2. The topological polar surface area (TPSA) is 56.9 Å². The molecule has 0 radical (unpaired) electrons. The zero-order valence-corrected chi connectivity index (χ0v) is 21.7. The number of halogens is 1. The lowest BCUT2D eigenvalue weighted by molar-refractivity contribution is 0.225. The fourth-order valence-corrected chi connectivity index (χ4v) is 5.71. The normalized spacial score (nSPS) is 11.7. The van der Waals surface area contributed by atoms with E-state index < -0.39 is 6.10 Å². The maximum absolute atomic E-state index is 10.6. The molecule has 0 fully saturated rings. The Morgan fingerprint density at radius 3 is 2.34 bits per heavy atom. The first kappa shape index (κ1) is 25.3. The van der Waals surface area contributed by atoms with Gasteiger partial charge in [-0.05, 0) is 36.2 Å². The van der Waals surface area contributed by atoms with Crippen molar-refractivity contribution in [3.05, 3.63) is 107 Å². The van der Waals surface area contributed by atoms with Crippen molar-refractivity contribution >= 4 is 35.1 Å². The number of pyridine rings is 1. The highest BCUT2D eigenvalue weighted by molar-refractivity contribution is 7.99. The van der Waals surface area contributed by atoms with Crippen molar-refractivity contribution < 1.29 is 5.11 Å². The molecule has 0 aliphatic rings. The SMILES string of the molecule is Cc1ccc(-c2cc(-c3ccccc3)c(C#N)c(SCC(O)CSCc3ccc(Cl)cc3)n2)cc1. The second kappa shape index (κ2) is 12.3. The van der Waals surface area contributed by atoms with E-state index >= 15 is 0 Å². The Bertz CT molecular complexity index is 1300. The Kier molecular flexibility index (Phi) is 8.90. The summed E-state index contributed by atoms with van der Waals surface area (Å²) in [4.78, 5) is 4.85. The average molecular weight is 517 g/mol. The van der Waals surface area contributed by atoms with Crippen LogP contribution in [0, 0.1) is 18.3 Å². The van der Waals surface area contributed by atoms with Crippen LogP contribution >= 0.6 is 35.1 Å². The number of aryl methyl sites for hydroxylation is 1. The van der Waals surface area contributed by atoms with Gasteiger partial charge in [-0.2, -0.15) is 17.0 Å². The third kappa shape index (κ3) is 6.90. The monoisotopic (exact) mass is 516 g/mol. The average Bonchev–Trinajstić information content (AvgIpc) is 2.89. The molecule has 176 valence electrons. The molecular formula is C29H25ClN2OS2. The molecule has 1 unspecified atom stereocenters. The third-order valence-corrected chi connectivity index (χ3v) is 7.97. The van der Waals surface area contributed by atoms with Crippen molar-refractivity contribution in [3.8, 4) is 28.5 Å². The minimum absolute atomic E-state index is 0.459. The molecule has 1 N–H and O–H groups in total. The molecule has 1 aromatic heterocycles. The number of hydrogen-bond acceptors (Lipinski definition) is 5. The third-order valence-electron chi connectivity index (χ3n) is 5.43. The summed E-state index contributed by atoms with van der Waals surface area (Å²) in [5.41, 5.74) is 6.53. The fourth-order valence-electron chi connectivity index (χ4n) is 3.57. The lowest BCUT2D eigenvalue weighted by Gasteiger charge is -2.14. The summed E-state index contributed by atoms with van der Waals surface area (Å²) < 4.78 is 0. The molecular weight excluding hydrogens is 492 g/mol. The van der Waals surface area contributed by atoms with E-state index in [9.17, 15) is 10.4 Å². The van der Waals surface area contributed by atoms with E-state index in [0.29, 0.717) is 22.1 Å². The van der Waals surface area contributed by atoms with Crippen molar-refractivity contribution in [2.45, 2.75) is 23.8 Å². The minimum atomic E-state index is -0.520. The summed E-state index contributed by atoms with van der Waals surface area (Å²) in [7, 11) is 0. The molecule has 3 nitrogen and oxygen atoms in total. The van der Waals surface area contributed by atoms with E-state index in [-0.39, 0.29) is 0 Å². The number of aromatic nitrogens is 1. The summed E-state index contributed by atoms with van der Waals surface area (Å²) in [6, 6.07) is 30.2. The first-order chi connectivity index (χ1) is 17.0. The molecule has 3 aromatic carbocycles. The Balaban J connectivity index is 1.53. The van der Waals surface area contributed by atoms with Gasteiger partial charge in [0.25, 0.3) is 0 Å². The molecule has 0 spiro atoms. The summed E-state index contributed by atoms with van der Waals surface area (Å²) in [5.74, 6) is 1.86. The Morgan fingerprint density at radius 1 is 0.943 bits per heavy atom. The molecule has 0 saturated carbocycles. The standard InChI is InChI=1S/C29H25ClN2OS2/c1-20-7-11-23(12-8-20)28-15-26(22-5-3-2-4-6-22)27(16-31)29(32-28)35-19-25(33)18-34-17-21-9-13-24(30)14-10-21/h2-15,25,33H,17-19H2,1H3. The van der Waals surface area contributed by atoms with Gasteiger partial charge in [0.15, 0.2) is 0 Å². The first-order valence-corrected chi connectivity index (χ1v) is 13.8. The van der Waals surface area contributed by atoms with Crippen molar-refractivity contribution in [2.24, 2.45) is 0 Å². The van der Waals surface area contributed by atoms with Gasteiger partial charge in [-0.3, -0.25) is 0 Å². The largest absolute Gasteiger partial charge is 0.391 e. The molecule has 4 rings (SSSR count). The van der Waals surface area contributed by atoms with Gasteiger partial charge in [0.1, 0.15) is 11.1 Å². The number of nitriles is 1. The van der Waals surface area contributed by atoms with Crippen molar-refractivity contribution in [1.82, 2.24) is 4.98 Å². The van der Waals surface area contributed by atoms with E-state index in [0.717, 1.165) is 33.2 Å². The van der Waals surface area contributed by atoms with Crippen LogP contribution in [0.1, 0.15) is 16.7 Å². The van der Waals surface area contributed by atoms with Gasteiger partial charge in [0.05, 0.1) is 17.4 Å². The van der Waals surface area contributed by atoms with Crippen molar-refractivity contribution in [3.63, 3.8) is 0 Å². The highest BCUT2D eigenvalue weighted by Crippen LogP contribution is 2.34. The van der Waals surface area contributed by atoms with E-state index in [4.69, 9.17) is 16.6 Å². The van der Waals surface area contributed by atoms with E-state index in [1.54, 1.807) is 11.8 Å². The Hall–Kier alpha value is -2.75. The van der Waals surface area contributed by atoms with Crippen LogP contribution in [0.15, 0.2) is 90.0 Å². The molecule has 0 amide bonds. The lowest BCUT2D eigenvalue weighted by atomic mass is 9.99. The van der Waals surface area contributed by atoms with Gasteiger partial charge >= 0.3 is 0 Å². The number of aliphatic hydroxyl groups is 1. The van der Waals surface area contributed by atoms with Crippen molar-refractivity contribution in [2.75, 3.05) is 11.5 Å². The van der Waals surface area contributed by atoms with Gasteiger partial charge in [-0.15, -0.1) is 11.8 Å². The molecule has 4 aromatic rings. The number of rotatable bonds is 9. The van der Waals surface area contributed by atoms with Gasteiger partial charge in [-0.25, -0.2) is 4.98 Å². The van der Waals surface area contributed by atoms with Crippen LogP contribution in [-0.2, 0) is 5.75 Å². The quantitative estimate of drug-likeness (QED) is 0.232. The molecule has 1 atom stereocenters. The van der Waals surface area contributed by atoms with Crippen LogP contribution in [0.25, 0.3) is 22.4 Å². The van der Waals surface area contributed by atoms with Crippen molar-refractivity contribution in [1.29, 1.82) is 5.26 Å². The first-order valence-electron chi connectivity index (χ1n) is 11.2. The van der Waals surface area contributed by atoms with Gasteiger partial charge in [-0.1, -0.05) is 83.9 Å². The molecule has 0 aliphatic heterocycles. The highest BCUT2D eigenvalue weighted by atomic mass is 35.5. The van der Waals surface area contributed by atoms with E-state index in [1.165, 1.54) is 22.9 Å². The molecule has 0 bridgehead atoms. The maximum atomic E-state index is 10.6. The van der Waals surface area contributed by atoms with E-state index in [1.807, 2.05) is 60.7 Å². The Morgan fingerprint density at radius 2 is 1.66 bits per heavy atom. The zero-order valence-electron chi connectivity index (χ0n) is 19.3. The Labute approximate surface area is 220 Å².